The van der Waals surface area contributed by atoms with E-state index in [1.54, 1.807) is 11.3 Å². The van der Waals surface area contributed by atoms with Gasteiger partial charge in [0.1, 0.15) is 5.82 Å². The van der Waals surface area contributed by atoms with Crippen molar-refractivity contribution in [2.75, 3.05) is 5.43 Å². The number of nitrogens with zero attached hydrogens (tertiary/aromatic N) is 2. The average Bonchev–Trinajstić information content (AvgIpc) is 2.83. The van der Waals surface area contributed by atoms with Crippen molar-refractivity contribution in [3.05, 3.63) is 27.2 Å². The van der Waals surface area contributed by atoms with Crippen LogP contribution in [-0.2, 0) is 12.8 Å². The molecule has 0 saturated carbocycles. The lowest BCUT2D eigenvalue weighted by Gasteiger charge is -2.18. The second kappa shape index (κ2) is 4.95. The topological polar surface area (TPSA) is 63.8 Å². The number of halogens is 1. The van der Waals surface area contributed by atoms with Crippen LogP contribution in [0.4, 0.5) is 5.82 Å². The summed E-state index contributed by atoms with van der Waals surface area (Å²) in [5.41, 5.74) is 5.03. The largest absolute Gasteiger partial charge is 0.308 e. The van der Waals surface area contributed by atoms with Crippen LogP contribution in [0, 0.1) is 0 Å². The van der Waals surface area contributed by atoms with E-state index in [0.717, 1.165) is 39.5 Å². The van der Waals surface area contributed by atoms with Gasteiger partial charge in [-0.2, -0.15) is 0 Å². The Morgan fingerprint density at radius 3 is 2.83 bits per heavy atom. The van der Waals surface area contributed by atoms with Gasteiger partial charge in [-0.15, -0.1) is 11.3 Å². The zero-order chi connectivity index (χ0) is 12.5. The molecular formula is C12H13BrN4S. The molecule has 1 aliphatic rings. The third kappa shape index (κ3) is 2.04. The summed E-state index contributed by atoms with van der Waals surface area (Å²) in [7, 11) is 0. The van der Waals surface area contributed by atoms with E-state index in [1.807, 2.05) is 11.4 Å². The van der Waals surface area contributed by atoms with Crippen LogP contribution >= 0.6 is 27.3 Å². The summed E-state index contributed by atoms with van der Waals surface area (Å²) in [5, 5.41) is 2.03. The van der Waals surface area contributed by atoms with Crippen LogP contribution in [0.3, 0.4) is 0 Å². The Morgan fingerprint density at radius 2 is 2.11 bits per heavy atom. The van der Waals surface area contributed by atoms with Crippen molar-refractivity contribution in [2.24, 2.45) is 5.84 Å². The van der Waals surface area contributed by atoms with Gasteiger partial charge in [0, 0.05) is 15.7 Å². The lowest BCUT2D eigenvalue weighted by molar-refractivity contribution is 0.665. The molecule has 0 saturated heterocycles. The fourth-order valence-corrected chi connectivity index (χ4v) is 3.75. The third-order valence-electron chi connectivity index (χ3n) is 3.14. The Bertz CT molecular complexity index is 564. The average molecular weight is 325 g/mol. The summed E-state index contributed by atoms with van der Waals surface area (Å²) in [6.07, 6.45) is 4.41. The Hall–Kier alpha value is -0.980. The Kier molecular flexibility index (Phi) is 3.32. The molecule has 0 fully saturated rings. The third-order valence-corrected chi connectivity index (χ3v) is 4.97. The van der Waals surface area contributed by atoms with Gasteiger partial charge in [-0.25, -0.2) is 15.8 Å². The monoisotopic (exact) mass is 324 g/mol. The van der Waals surface area contributed by atoms with Crippen molar-refractivity contribution in [1.29, 1.82) is 0 Å². The lowest BCUT2D eigenvalue weighted by Crippen LogP contribution is -2.17. The van der Waals surface area contributed by atoms with Crippen molar-refractivity contribution in [3.63, 3.8) is 0 Å². The maximum absolute atomic E-state index is 5.59. The number of aryl methyl sites for hydroxylation is 1. The highest BCUT2D eigenvalue weighted by molar-refractivity contribution is 9.10. The quantitative estimate of drug-likeness (QED) is 0.658. The minimum atomic E-state index is 0.755. The fraction of sp³-hybridized carbons (Fsp3) is 0.333. The lowest BCUT2D eigenvalue weighted by atomic mass is 9.96. The summed E-state index contributed by atoms with van der Waals surface area (Å²) in [5.74, 6) is 7.11. The van der Waals surface area contributed by atoms with Crippen molar-refractivity contribution < 1.29 is 0 Å². The van der Waals surface area contributed by atoms with Gasteiger partial charge in [0.25, 0.3) is 0 Å². The Labute approximate surface area is 118 Å². The molecule has 6 heteroatoms. The van der Waals surface area contributed by atoms with E-state index in [2.05, 4.69) is 26.3 Å². The highest BCUT2D eigenvalue weighted by atomic mass is 79.9. The second-order valence-electron chi connectivity index (χ2n) is 4.27. The van der Waals surface area contributed by atoms with Crippen LogP contribution in [0.1, 0.15) is 24.1 Å². The van der Waals surface area contributed by atoms with Crippen molar-refractivity contribution in [1.82, 2.24) is 9.97 Å². The van der Waals surface area contributed by atoms with Gasteiger partial charge in [0.05, 0.1) is 4.88 Å². The van der Waals surface area contributed by atoms with Gasteiger partial charge in [-0.05, 0) is 53.1 Å². The molecule has 1 aliphatic carbocycles. The number of hydrazine groups is 1. The standard InChI is InChI=1S/C12H13BrN4S/c13-8-5-6-18-10(8)12-15-9-4-2-1-3-7(9)11(16-12)17-14/h5-6H,1-4,14H2,(H,15,16,17). The molecule has 18 heavy (non-hydrogen) atoms. The van der Waals surface area contributed by atoms with E-state index in [4.69, 9.17) is 10.8 Å². The van der Waals surface area contributed by atoms with E-state index in [9.17, 15) is 0 Å². The molecular weight excluding hydrogens is 312 g/mol. The van der Waals surface area contributed by atoms with Gasteiger partial charge < -0.3 is 5.43 Å². The first-order valence-electron chi connectivity index (χ1n) is 5.89. The van der Waals surface area contributed by atoms with Crippen LogP contribution in [0.2, 0.25) is 0 Å². The molecule has 0 aromatic carbocycles. The first kappa shape index (κ1) is 12.1. The molecule has 2 heterocycles. The molecule has 2 aromatic rings. The van der Waals surface area contributed by atoms with Crippen LogP contribution in [0.5, 0.6) is 0 Å². The van der Waals surface area contributed by atoms with Crippen molar-refractivity contribution >= 4 is 33.1 Å². The van der Waals surface area contributed by atoms with Gasteiger partial charge in [-0.3, -0.25) is 0 Å². The molecule has 3 rings (SSSR count). The number of aromatic nitrogens is 2. The number of hydrogen-bond donors (Lipinski definition) is 2. The molecule has 94 valence electrons. The number of thiophene rings is 1. The number of fused-ring (bicyclic) bond motifs is 1. The van der Waals surface area contributed by atoms with E-state index in [1.165, 1.54) is 18.4 Å². The summed E-state index contributed by atoms with van der Waals surface area (Å²) in [6.45, 7) is 0. The zero-order valence-electron chi connectivity index (χ0n) is 9.74. The highest BCUT2D eigenvalue weighted by Gasteiger charge is 2.19. The van der Waals surface area contributed by atoms with Gasteiger partial charge in [0.2, 0.25) is 0 Å². The minimum absolute atomic E-state index is 0.755. The number of hydrogen-bond acceptors (Lipinski definition) is 5. The summed E-state index contributed by atoms with van der Waals surface area (Å²) < 4.78 is 1.03. The van der Waals surface area contributed by atoms with E-state index < -0.39 is 0 Å². The van der Waals surface area contributed by atoms with E-state index in [0.29, 0.717) is 0 Å². The molecule has 2 aromatic heterocycles. The van der Waals surface area contributed by atoms with E-state index >= 15 is 0 Å². The van der Waals surface area contributed by atoms with Crippen molar-refractivity contribution in [2.45, 2.75) is 25.7 Å². The summed E-state index contributed by atoms with van der Waals surface area (Å²) >= 11 is 5.16. The number of nitrogen functional groups attached to an aromatic ring is 1. The Morgan fingerprint density at radius 1 is 1.28 bits per heavy atom. The zero-order valence-corrected chi connectivity index (χ0v) is 12.1. The Balaban J connectivity index is 2.14. The molecule has 0 unspecified atom stereocenters. The van der Waals surface area contributed by atoms with Crippen LogP contribution in [0.15, 0.2) is 15.9 Å². The molecule has 0 radical (unpaired) electrons. The maximum Gasteiger partial charge on any atom is 0.173 e. The molecule has 0 atom stereocenters. The van der Waals surface area contributed by atoms with Gasteiger partial charge in [0.15, 0.2) is 5.82 Å². The van der Waals surface area contributed by atoms with Crippen LogP contribution in [0.25, 0.3) is 10.7 Å². The highest BCUT2D eigenvalue weighted by Crippen LogP contribution is 2.34. The number of rotatable bonds is 2. The molecule has 0 amide bonds. The minimum Gasteiger partial charge on any atom is -0.308 e. The first-order valence-corrected chi connectivity index (χ1v) is 7.56. The van der Waals surface area contributed by atoms with E-state index in [-0.39, 0.29) is 0 Å². The molecule has 0 bridgehead atoms. The second-order valence-corrected chi connectivity index (χ2v) is 6.04. The first-order chi connectivity index (χ1) is 8.79. The molecule has 3 N–H and O–H groups in total. The normalized spacial score (nSPS) is 14.3. The number of nitrogens with two attached hydrogens (primary N) is 1. The van der Waals surface area contributed by atoms with Crippen molar-refractivity contribution in [3.8, 4) is 10.7 Å². The van der Waals surface area contributed by atoms with Crippen LogP contribution < -0.4 is 11.3 Å². The molecule has 0 spiro atoms. The smallest absolute Gasteiger partial charge is 0.173 e. The van der Waals surface area contributed by atoms with Crippen LogP contribution in [-0.4, -0.2) is 9.97 Å². The predicted molar refractivity (Wildman–Crippen MR) is 77.5 cm³/mol. The number of nitrogens with one attached hydrogen (secondary N) is 1. The SMILES string of the molecule is NNc1nc(-c2sccc2Br)nc2c1CCCC2. The molecule has 4 nitrogen and oxygen atoms in total. The predicted octanol–water partition coefficient (Wildman–Crippen LogP) is 3.13. The summed E-state index contributed by atoms with van der Waals surface area (Å²) in [4.78, 5) is 10.3. The summed E-state index contributed by atoms with van der Waals surface area (Å²) in [6, 6.07) is 2.01. The number of anilines is 1. The maximum atomic E-state index is 5.59. The fourth-order valence-electron chi connectivity index (χ4n) is 2.27. The van der Waals surface area contributed by atoms with Gasteiger partial charge >= 0.3 is 0 Å². The molecule has 0 aliphatic heterocycles. The van der Waals surface area contributed by atoms with Gasteiger partial charge in [-0.1, -0.05) is 0 Å².